The van der Waals surface area contributed by atoms with Crippen molar-refractivity contribution in [1.82, 2.24) is 16.0 Å². The zero-order valence-corrected chi connectivity index (χ0v) is 12.8. The number of nitrogens with two attached hydrogens (primary N) is 1. The second-order valence-electron chi connectivity index (χ2n) is 4.39. The lowest BCUT2D eigenvalue weighted by atomic mass is 10.2. The summed E-state index contributed by atoms with van der Waals surface area (Å²) >= 11 is 3.88. The van der Waals surface area contributed by atoms with Crippen LogP contribution in [0.1, 0.15) is 6.92 Å². The van der Waals surface area contributed by atoms with Gasteiger partial charge >= 0.3 is 5.97 Å². The quantitative estimate of drug-likeness (QED) is 0.213. The number of nitrogens with one attached hydrogen (secondary N) is 3. The topological polar surface area (TPSA) is 171 Å². The Balaban J connectivity index is 4.64. The molecule has 0 fully saturated rings. The number of carboxylic acid groups (broad SMARTS) is 1. The second kappa shape index (κ2) is 9.97. The number of hydrogen-bond donors (Lipinski definition) is 7. The molecule has 0 rings (SSSR count). The minimum Gasteiger partial charge on any atom is -0.480 e. The number of hydrogen-bond acceptors (Lipinski definition) is 7. The van der Waals surface area contributed by atoms with Crippen LogP contribution >= 0.6 is 12.6 Å². The van der Waals surface area contributed by atoms with Crippen molar-refractivity contribution in [2.75, 3.05) is 18.9 Å². The Morgan fingerprint density at radius 2 is 1.64 bits per heavy atom. The molecule has 0 aliphatic carbocycles. The zero-order chi connectivity index (χ0) is 17.3. The third kappa shape index (κ3) is 7.24. The van der Waals surface area contributed by atoms with Crippen LogP contribution in [0.4, 0.5) is 0 Å². The van der Waals surface area contributed by atoms with Crippen molar-refractivity contribution in [3.63, 3.8) is 0 Å². The molecule has 0 bridgehead atoms. The number of aliphatic carboxylic acids is 1. The Bertz CT molecular complexity index is 431. The van der Waals surface area contributed by atoms with E-state index in [1.54, 1.807) is 0 Å². The monoisotopic (exact) mass is 336 g/mol. The second-order valence-corrected chi connectivity index (χ2v) is 4.75. The van der Waals surface area contributed by atoms with Crippen molar-refractivity contribution in [3.05, 3.63) is 0 Å². The molecule has 0 aliphatic rings. The first-order valence-electron chi connectivity index (χ1n) is 6.30. The van der Waals surface area contributed by atoms with Crippen LogP contribution in [0.3, 0.4) is 0 Å². The van der Waals surface area contributed by atoms with Crippen LogP contribution in [-0.2, 0) is 19.2 Å². The van der Waals surface area contributed by atoms with Gasteiger partial charge in [-0.1, -0.05) is 0 Å². The van der Waals surface area contributed by atoms with E-state index in [1.165, 1.54) is 6.92 Å². The summed E-state index contributed by atoms with van der Waals surface area (Å²) in [5, 5.41) is 24.1. The molecule has 0 saturated heterocycles. The van der Waals surface area contributed by atoms with Crippen molar-refractivity contribution in [1.29, 1.82) is 0 Å². The van der Waals surface area contributed by atoms with Crippen LogP contribution in [0.25, 0.3) is 0 Å². The molecule has 3 amide bonds. The van der Waals surface area contributed by atoms with E-state index < -0.39 is 55.0 Å². The number of rotatable bonds is 9. The summed E-state index contributed by atoms with van der Waals surface area (Å²) in [7, 11) is 0. The fourth-order valence-electron chi connectivity index (χ4n) is 1.25. The van der Waals surface area contributed by atoms with E-state index in [0.29, 0.717) is 0 Å². The highest BCUT2D eigenvalue weighted by molar-refractivity contribution is 7.80. The molecule has 7 N–H and O–H groups in total. The molecule has 11 heteroatoms. The Morgan fingerprint density at radius 1 is 1.09 bits per heavy atom. The molecule has 0 aromatic carbocycles. The van der Waals surface area contributed by atoms with Gasteiger partial charge in [0.25, 0.3) is 0 Å². The van der Waals surface area contributed by atoms with Gasteiger partial charge in [0.1, 0.15) is 18.6 Å². The predicted molar refractivity (Wildman–Crippen MR) is 79.1 cm³/mol. The summed E-state index contributed by atoms with van der Waals surface area (Å²) in [6, 6.07) is -3.27. The highest BCUT2D eigenvalue weighted by Crippen LogP contribution is 1.93. The van der Waals surface area contributed by atoms with Crippen LogP contribution in [-0.4, -0.2) is 70.9 Å². The molecule has 0 saturated carbocycles. The molecular weight excluding hydrogens is 316 g/mol. The molecule has 0 aromatic rings. The van der Waals surface area contributed by atoms with Gasteiger partial charge in [-0.2, -0.15) is 12.6 Å². The Labute approximate surface area is 132 Å². The molecule has 0 aromatic heterocycles. The third-order valence-electron chi connectivity index (χ3n) is 2.46. The van der Waals surface area contributed by atoms with Crippen molar-refractivity contribution in [2.45, 2.75) is 25.0 Å². The van der Waals surface area contributed by atoms with Gasteiger partial charge in [-0.3, -0.25) is 19.2 Å². The van der Waals surface area contributed by atoms with Gasteiger partial charge in [0.15, 0.2) is 0 Å². The third-order valence-corrected chi connectivity index (χ3v) is 2.82. The first-order chi connectivity index (χ1) is 10.2. The molecule has 22 heavy (non-hydrogen) atoms. The predicted octanol–water partition coefficient (Wildman–Crippen LogP) is -3.57. The van der Waals surface area contributed by atoms with Crippen LogP contribution in [0.15, 0.2) is 0 Å². The van der Waals surface area contributed by atoms with Crippen LogP contribution in [0.2, 0.25) is 0 Å². The fourth-order valence-corrected chi connectivity index (χ4v) is 1.51. The molecule has 3 atom stereocenters. The number of thiol groups is 1. The molecule has 3 unspecified atom stereocenters. The molecule has 0 aliphatic heterocycles. The van der Waals surface area contributed by atoms with Crippen LogP contribution in [0.5, 0.6) is 0 Å². The van der Waals surface area contributed by atoms with E-state index in [9.17, 15) is 19.2 Å². The molecule has 126 valence electrons. The van der Waals surface area contributed by atoms with Crippen molar-refractivity contribution >= 4 is 36.3 Å². The highest BCUT2D eigenvalue weighted by atomic mass is 32.1. The Morgan fingerprint density at radius 3 is 2.05 bits per heavy atom. The van der Waals surface area contributed by atoms with Crippen molar-refractivity contribution in [3.8, 4) is 0 Å². The van der Waals surface area contributed by atoms with Gasteiger partial charge in [0.05, 0.1) is 12.6 Å². The number of carbonyl (C=O) groups excluding carboxylic acids is 3. The van der Waals surface area contributed by atoms with Crippen LogP contribution < -0.4 is 21.7 Å². The zero-order valence-electron chi connectivity index (χ0n) is 11.9. The van der Waals surface area contributed by atoms with Gasteiger partial charge in [0.2, 0.25) is 17.7 Å². The van der Waals surface area contributed by atoms with Gasteiger partial charge in [-0.25, -0.2) is 0 Å². The molecular formula is C11H20N4O6S. The van der Waals surface area contributed by atoms with Gasteiger partial charge in [0, 0.05) is 5.75 Å². The first kappa shape index (κ1) is 20.1. The Kier molecular flexibility index (Phi) is 9.13. The van der Waals surface area contributed by atoms with E-state index in [-0.39, 0.29) is 5.75 Å². The van der Waals surface area contributed by atoms with Gasteiger partial charge in [-0.05, 0) is 6.92 Å². The molecule has 0 spiro atoms. The summed E-state index contributed by atoms with van der Waals surface area (Å²) in [4.78, 5) is 45.3. The largest absolute Gasteiger partial charge is 0.480 e. The molecule has 0 radical (unpaired) electrons. The van der Waals surface area contributed by atoms with E-state index in [4.69, 9.17) is 15.9 Å². The van der Waals surface area contributed by atoms with Gasteiger partial charge < -0.3 is 31.9 Å². The average Bonchev–Trinajstić information content (AvgIpc) is 2.46. The smallest absolute Gasteiger partial charge is 0.322 e. The SMILES string of the molecule is CC(N)C(=O)NC(CO)C(=O)NC(CS)C(=O)NCC(=O)O. The minimum absolute atomic E-state index is 0.101. The summed E-state index contributed by atoms with van der Waals surface area (Å²) in [5.74, 6) is -3.56. The summed E-state index contributed by atoms with van der Waals surface area (Å²) in [6.07, 6.45) is 0. The lowest BCUT2D eigenvalue weighted by molar-refractivity contribution is -0.138. The number of aliphatic hydroxyl groups is 1. The molecule has 10 nitrogen and oxygen atoms in total. The standard InChI is InChI=1S/C11H20N4O6S/c1-5(12)9(19)14-6(3-16)11(21)15-7(4-22)10(20)13-2-8(17)18/h5-7,16,22H,2-4,12H2,1H3,(H,13,20)(H,14,19)(H,15,21)(H,17,18). The Hall–Kier alpha value is -1.85. The van der Waals surface area contributed by atoms with E-state index in [1.807, 2.05) is 0 Å². The minimum atomic E-state index is -1.28. The lowest BCUT2D eigenvalue weighted by Gasteiger charge is -2.21. The lowest BCUT2D eigenvalue weighted by Crippen LogP contribution is -2.57. The van der Waals surface area contributed by atoms with E-state index >= 15 is 0 Å². The van der Waals surface area contributed by atoms with Crippen LogP contribution in [0, 0.1) is 0 Å². The fraction of sp³-hybridized carbons (Fsp3) is 0.636. The number of carbonyl (C=O) groups is 4. The van der Waals surface area contributed by atoms with E-state index in [2.05, 4.69) is 28.6 Å². The highest BCUT2D eigenvalue weighted by Gasteiger charge is 2.26. The summed E-state index contributed by atoms with van der Waals surface area (Å²) in [5.41, 5.74) is 5.33. The van der Waals surface area contributed by atoms with E-state index in [0.717, 1.165) is 0 Å². The number of aliphatic hydroxyl groups excluding tert-OH is 1. The average molecular weight is 336 g/mol. The first-order valence-corrected chi connectivity index (χ1v) is 6.93. The maximum absolute atomic E-state index is 11.9. The maximum atomic E-state index is 11.9. The molecule has 0 heterocycles. The van der Waals surface area contributed by atoms with Gasteiger partial charge in [-0.15, -0.1) is 0 Å². The maximum Gasteiger partial charge on any atom is 0.322 e. The summed E-state index contributed by atoms with van der Waals surface area (Å²) in [6.45, 7) is 0.0989. The van der Waals surface area contributed by atoms with Crippen molar-refractivity contribution < 1.29 is 29.4 Å². The number of carboxylic acids is 1. The normalized spacial score (nSPS) is 14.4. The summed E-state index contributed by atoms with van der Waals surface area (Å²) < 4.78 is 0. The van der Waals surface area contributed by atoms with Crippen molar-refractivity contribution in [2.24, 2.45) is 5.73 Å². The number of amides is 3.